The van der Waals surface area contributed by atoms with E-state index in [2.05, 4.69) is 27.8 Å². The Kier molecular flexibility index (Phi) is 5.68. The fraction of sp³-hybridized carbons (Fsp3) is 0.611. The first-order valence-corrected chi connectivity index (χ1v) is 11.4. The third kappa shape index (κ3) is 4.07. The molecule has 2 heterocycles. The lowest BCUT2D eigenvalue weighted by Crippen LogP contribution is -2.18. The van der Waals surface area contributed by atoms with Crippen molar-refractivity contribution in [2.75, 3.05) is 17.7 Å². The summed E-state index contributed by atoms with van der Waals surface area (Å²) in [5.74, 6) is 0.248. The van der Waals surface area contributed by atoms with Crippen molar-refractivity contribution in [2.24, 2.45) is 5.92 Å². The monoisotopic (exact) mass is 421 g/mol. The fourth-order valence-corrected chi connectivity index (χ4v) is 5.54. The molecule has 1 atom stereocenters. The topological polar surface area (TPSA) is 99.0 Å². The molecule has 2 aliphatic carbocycles. The number of thiophene rings is 1. The summed E-state index contributed by atoms with van der Waals surface area (Å²) in [6.45, 7) is 4.32. The molecule has 0 bridgehead atoms. The average molecular weight is 422 g/mol. The summed E-state index contributed by atoms with van der Waals surface area (Å²) >= 11 is 2.81. The van der Waals surface area contributed by atoms with Crippen LogP contribution in [0.1, 0.15) is 60.0 Å². The first-order valence-electron chi connectivity index (χ1n) is 9.59. The zero-order valence-electron chi connectivity index (χ0n) is 15.9. The summed E-state index contributed by atoms with van der Waals surface area (Å²) in [5.41, 5.74) is 1.58. The summed E-state index contributed by atoms with van der Waals surface area (Å²) in [5, 5.41) is 15.9. The highest BCUT2D eigenvalue weighted by molar-refractivity contribution is 7.99. The lowest BCUT2D eigenvalue weighted by Gasteiger charge is -2.18. The molecule has 8 nitrogen and oxygen atoms in total. The maximum Gasteiger partial charge on any atom is 0.341 e. The lowest BCUT2D eigenvalue weighted by molar-refractivity contribution is -0.113. The SMILES string of the molecule is CCOC(=O)c1c(NC(=O)CSc2nnnn2C2CC2)sc2c1CC[C@H](C)C2. The minimum atomic E-state index is -0.352. The van der Waals surface area contributed by atoms with E-state index in [0.29, 0.717) is 34.3 Å². The quantitative estimate of drug-likeness (QED) is 0.542. The molecular weight excluding hydrogens is 398 g/mol. The van der Waals surface area contributed by atoms with Gasteiger partial charge in [-0.15, -0.1) is 16.4 Å². The number of nitrogens with zero attached hydrogens (tertiary/aromatic N) is 4. The second-order valence-corrected chi connectivity index (χ2v) is 9.30. The Hall–Kier alpha value is -1.94. The highest BCUT2D eigenvalue weighted by atomic mass is 32.2. The number of amides is 1. The Morgan fingerprint density at radius 3 is 2.93 bits per heavy atom. The van der Waals surface area contributed by atoms with Gasteiger partial charge in [0.25, 0.3) is 0 Å². The summed E-state index contributed by atoms with van der Waals surface area (Å²) in [6.07, 6.45) is 4.98. The van der Waals surface area contributed by atoms with Crippen LogP contribution in [-0.4, -0.2) is 44.4 Å². The van der Waals surface area contributed by atoms with Crippen molar-refractivity contribution in [3.63, 3.8) is 0 Å². The van der Waals surface area contributed by atoms with Crippen molar-refractivity contribution in [2.45, 2.75) is 57.1 Å². The van der Waals surface area contributed by atoms with Gasteiger partial charge in [-0.1, -0.05) is 18.7 Å². The van der Waals surface area contributed by atoms with Crippen LogP contribution < -0.4 is 5.32 Å². The Morgan fingerprint density at radius 2 is 2.18 bits per heavy atom. The average Bonchev–Trinajstić information content (AvgIpc) is 3.29. The van der Waals surface area contributed by atoms with Crippen LogP contribution in [0.15, 0.2) is 5.16 Å². The van der Waals surface area contributed by atoms with Gasteiger partial charge in [-0.25, -0.2) is 9.48 Å². The van der Waals surface area contributed by atoms with Gasteiger partial charge in [-0.2, -0.15) is 0 Å². The number of tetrazole rings is 1. The van der Waals surface area contributed by atoms with Gasteiger partial charge in [0.05, 0.1) is 24.0 Å². The van der Waals surface area contributed by atoms with E-state index in [9.17, 15) is 9.59 Å². The van der Waals surface area contributed by atoms with E-state index in [0.717, 1.165) is 37.7 Å². The minimum Gasteiger partial charge on any atom is -0.462 e. The van der Waals surface area contributed by atoms with E-state index in [1.165, 1.54) is 28.0 Å². The number of thioether (sulfide) groups is 1. The summed E-state index contributed by atoms with van der Waals surface area (Å²) in [6, 6.07) is 0.363. The molecule has 1 amide bonds. The van der Waals surface area contributed by atoms with Crippen LogP contribution in [0.2, 0.25) is 0 Å². The Labute approximate surface area is 171 Å². The van der Waals surface area contributed by atoms with E-state index < -0.39 is 0 Å². The van der Waals surface area contributed by atoms with E-state index in [4.69, 9.17) is 4.74 Å². The molecule has 0 aliphatic heterocycles. The van der Waals surface area contributed by atoms with Gasteiger partial charge < -0.3 is 10.1 Å². The van der Waals surface area contributed by atoms with Crippen molar-refractivity contribution in [3.05, 3.63) is 16.0 Å². The van der Waals surface area contributed by atoms with Crippen molar-refractivity contribution < 1.29 is 14.3 Å². The highest BCUT2D eigenvalue weighted by Gasteiger charge is 2.30. The van der Waals surface area contributed by atoms with E-state index >= 15 is 0 Å². The zero-order valence-corrected chi connectivity index (χ0v) is 17.6. The van der Waals surface area contributed by atoms with Gasteiger partial charge in [-0.3, -0.25) is 4.79 Å². The number of hydrogen-bond donors (Lipinski definition) is 1. The van der Waals surface area contributed by atoms with Gasteiger partial charge in [0, 0.05) is 4.88 Å². The summed E-state index contributed by atoms with van der Waals surface area (Å²) < 4.78 is 7.04. The maximum atomic E-state index is 12.6. The molecule has 2 aromatic rings. The van der Waals surface area contributed by atoms with Gasteiger partial charge in [0.15, 0.2) is 0 Å². The molecule has 1 N–H and O–H groups in total. The number of fused-ring (bicyclic) bond motifs is 1. The van der Waals surface area contributed by atoms with Crippen LogP contribution >= 0.6 is 23.1 Å². The van der Waals surface area contributed by atoms with E-state index in [1.54, 1.807) is 11.6 Å². The Balaban J connectivity index is 1.47. The Bertz CT molecular complexity index is 890. The number of carbonyl (C=O) groups excluding carboxylic acids is 2. The molecule has 0 saturated heterocycles. The zero-order chi connectivity index (χ0) is 19.7. The third-order valence-electron chi connectivity index (χ3n) is 4.93. The first-order chi connectivity index (χ1) is 13.6. The van der Waals surface area contributed by atoms with Crippen LogP contribution in [0.5, 0.6) is 0 Å². The second kappa shape index (κ2) is 8.20. The van der Waals surface area contributed by atoms with Crippen LogP contribution in [0, 0.1) is 5.92 Å². The van der Waals surface area contributed by atoms with Crippen LogP contribution in [-0.2, 0) is 22.4 Å². The van der Waals surface area contributed by atoms with Gasteiger partial charge in [0.1, 0.15) is 5.00 Å². The maximum absolute atomic E-state index is 12.6. The number of ether oxygens (including phenoxy) is 1. The Morgan fingerprint density at radius 1 is 1.36 bits per heavy atom. The highest BCUT2D eigenvalue weighted by Crippen LogP contribution is 2.40. The van der Waals surface area contributed by atoms with E-state index in [-0.39, 0.29) is 17.6 Å². The molecule has 0 spiro atoms. The number of carbonyl (C=O) groups is 2. The smallest absolute Gasteiger partial charge is 0.341 e. The number of esters is 1. The predicted octanol–water partition coefficient (Wildman–Crippen LogP) is 3.10. The van der Waals surface area contributed by atoms with Crippen LogP contribution in [0.3, 0.4) is 0 Å². The molecule has 1 saturated carbocycles. The standard InChI is InChI=1S/C18H23N5O3S2/c1-3-26-17(25)15-12-7-4-10(2)8-13(12)28-16(15)19-14(24)9-27-18-20-21-22-23(18)11-5-6-11/h10-11H,3-9H2,1-2H3,(H,19,24)/t10-/m0/s1. The third-order valence-corrected chi connectivity index (χ3v) is 7.04. The largest absolute Gasteiger partial charge is 0.462 e. The molecule has 150 valence electrons. The molecule has 2 aromatic heterocycles. The number of hydrogen-bond acceptors (Lipinski definition) is 8. The van der Waals surface area contributed by atoms with Gasteiger partial charge in [0.2, 0.25) is 11.1 Å². The van der Waals surface area contributed by atoms with Crippen molar-refractivity contribution in [1.82, 2.24) is 20.2 Å². The second-order valence-electron chi connectivity index (χ2n) is 7.25. The number of nitrogens with one attached hydrogen (secondary N) is 1. The molecule has 0 unspecified atom stereocenters. The molecule has 10 heteroatoms. The first kappa shape index (κ1) is 19.4. The molecule has 0 radical (unpaired) electrons. The van der Waals surface area contributed by atoms with Gasteiger partial charge in [-0.05, 0) is 60.9 Å². The molecule has 0 aromatic carbocycles. The molecule has 4 rings (SSSR count). The fourth-order valence-electron chi connectivity index (χ4n) is 3.38. The van der Waals surface area contributed by atoms with Crippen LogP contribution in [0.25, 0.3) is 0 Å². The van der Waals surface area contributed by atoms with Crippen molar-refractivity contribution in [1.29, 1.82) is 0 Å². The minimum absolute atomic E-state index is 0.174. The summed E-state index contributed by atoms with van der Waals surface area (Å²) in [4.78, 5) is 26.3. The normalized spacial score (nSPS) is 18.6. The van der Waals surface area contributed by atoms with Crippen molar-refractivity contribution >= 4 is 40.0 Å². The molecule has 2 aliphatic rings. The number of aromatic nitrogens is 4. The summed E-state index contributed by atoms with van der Waals surface area (Å²) in [7, 11) is 0. The van der Waals surface area contributed by atoms with Crippen LogP contribution in [0.4, 0.5) is 5.00 Å². The van der Waals surface area contributed by atoms with Gasteiger partial charge >= 0.3 is 5.97 Å². The number of rotatable bonds is 7. The molecule has 1 fully saturated rings. The van der Waals surface area contributed by atoms with Crippen molar-refractivity contribution in [3.8, 4) is 0 Å². The lowest BCUT2D eigenvalue weighted by atomic mass is 9.88. The number of anilines is 1. The molecule has 28 heavy (non-hydrogen) atoms. The molecular formula is C18H23N5O3S2. The van der Waals surface area contributed by atoms with E-state index in [1.807, 2.05) is 0 Å². The predicted molar refractivity (Wildman–Crippen MR) is 107 cm³/mol.